The monoisotopic (exact) mass is 326 g/mol. The molecule has 19 heavy (non-hydrogen) atoms. The minimum absolute atomic E-state index is 0.0142. The largest absolute Gasteiger partial charge is 0.352 e. The molecule has 0 atom stereocenters. The van der Waals surface area contributed by atoms with Crippen molar-refractivity contribution in [1.82, 2.24) is 4.98 Å². The van der Waals surface area contributed by atoms with Gasteiger partial charge in [0.2, 0.25) is 0 Å². The molecule has 1 rings (SSSR count). The predicted octanol–water partition coefficient (Wildman–Crippen LogP) is 3.19. The zero-order valence-electron chi connectivity index (χ0n) is 11.1. The Bertz CT molecular complexity index is 525. The molecule has 0 fully saturated rings. The number of halogens is 1. The van der Waals surface area contributed by atoms with Crippen molar-refractivity contribution in [1.29, 1.82) is 5.26 Å². The molecule has 1 aromatic heterocycles. The molecule has 0 saturated heterocycles. The van der Waals surface area contributed by atoms with Gasteiger partial charge in [-0.15, -0.1) is 0 Å². The second-order valence-electron chi connectivity index (χ2n) is 4.36. The lowest BCUT2D eigenvalue weighted by Crippen LogP contribution is -2.32. The van der Waals surface area contributed by atoms with Gasteiger partial charge in [0.25, 0.3) is 5.69 Å². The lowest BCUT2D eigenvalue weighted by atomic mass is 10.2. The highest BCUT2D eigenvalue weighted by atomic mass is 79.9. The number of hydrogen-bond acceptors (Lipinski definition) is 5. The molecule has 7 heteroatoms. The molecule has 0 radical (unpaired) electrons. The molecule has 0 aliphatic rings. The fourth-order valence-corrected chi connectivity index (χ4v) is 2.25. The molecular formula is C12H15BrN4O2. The maximum absolute atomic E-state index is 10.8. The van der Waals surface area contributed by atoms with Gasteiger partial charge in [0.05, 0.1) is 21.9 Å². The van der Waals surface area contributed by atoms with Crippen molar-refractivity contribution in [2.75, 3.05) is 11.4 Å². The Morgan fingerprint density at radius 1 is 1.63 bits per heavy atom. The van der Waals surface area contributed by atoms with E-state index in [1.165, 1.54) is 6.20 Å². The van der Waals surface area contributed by atoms with Gasteiger partial charge in [0.1, 0.15) is 12.0 Å². The van der Waals surface area contributed by atoms with Crippen molar-refractivity contribution in [3.8, 4) is 6.07 Å². The zero-order chi connectivity index (χ0) is 14.6. The molecule has 0 spiro atoms. The highest BCUT2D eigenvalue weighted by Crippen LogP contribution is 2.33. The second-order valence-corrected chi connectivity index (χ2v) is 5.15. The molecule has 6 nitrogen and oxygen atoms in total. The average Bonchev–Trinajstić information content (AvgIpc) is 2.33. The summed E-state index contributed by atoms with van der Waals surface area (Å²) in [7, 11) is 0. The van der Waals surface area contributed by atoms with E-state index in [1.807, 2.05) is 18.7 Å². The van der Waals surface area contributed by atoms with E-state index in [1.54, 1.807) is 6.92 Å². The lowest BCUT2D eigenvalue weighted by molar-refractivity contribution is -0.385. The van der Waals surface area contributed by atoms with Crippen molar-refractivity contribution >= 4 is 27.4 Å². The van der Waals surface area contributed by atoms with Gasteiger partial charge in [-0.05, 0) is 36.7 Å². The predicted molar refractivity (Wildman–Crippen MR) is 76.0 cm³/mol. The van der Waals surface area contributed by atoms with Crippen LogP contribution in [0.3, 0.4) is 0 Å². The maximum Gasteiger partial charge on any atom is 0.291 e. The number of nitriles is 1. The van der Waals surface area contributed by atoms with Crippen molar-refractivity contribution < 1.29 is 4.92 Å². The van der Waals surface area contributed by atoms with Gasteiger partial charge in [-0.2, -0.15) is 5.26 Å². The summed E-state index contributed by atoms with van der Waals surface area (Å²) in [6.07, 6.45) is 1.64. The van der Waals surface area contributed by atoms with E-state index < -0.39 is 4.92 Å². The van der Waals surface area contributed by atoms with Crippen molar-refractivity contribution in [2.24, 2.45) is 0 Å². The molecule has 0 amide bonds. The van der Waals surface area contributed by atoms with Gasteiger partial charge in [0.15, 0.2) is 0 Å². The van der Waals surface area contributed by atoms with Crippen LogP contribution in [0.4, 0.5) is 11.5 Å². The van der Waals surface area contributed by atoms with Gasteiger partial charge in [-0.25, -0.2) is 4.98 Å². The quantitative estimate of drug-likeness (QED) is 0.612. The van der Waals surface area contributed by atoms with Crippen LogP contribution >= 0.6 is 15.9 Å². The summed E-state index contributed by atoms with van der Waals surface area (Å²) in [4.78, 5) is 16.5. The third-order valence-corrected chi connectivity index (χ3v) is 3.72. The first-order valence-electron chi connectivity index (χ1n) is 5.83. The van der Waals surface area contributed by atoms with Gasteiger partial charge in [-0.1, -0.05) is 0 Å². The second kappa shape index (κ2) is 6.48. The van der Waals surface area contributed by atoms with E-state index in [9.17, 15) is 10.1 Å². The molecule has 0 N–H and O–H groups in total. The van der Waals surface area contributed by atoms with E-state index in [4.69, 9.17) is 5.26 Å². The van der Waals surface area contributed by atoms with Gasteiger partial charge in [-0.3, -0.25) is 10.1 Å². The van der Waals surface area contributed by atoms with E-state index in [2.05, 4.69) is 27.0 Å². The van der Waals surface area contributed by atoms with Crippen molar-refractivity contribution in [3.63, 3.8) is 0 Å². The maximum atomic E-state index is 10.8. The summed E-state index contributed by atoms with van der Waals surface area (Å²) in [5.41, 5.74) is 0.525. The highest BCUT2D eigenvalue weighted by Gasteiger charge is 2.21. The normalized spacial score (nSPS) is 10.3. The van der Waals surface area contributed by atoms with E-state index in [0.717, 1.165) is 0 Å². The number of anilines is 1. The van der Waals surface area contributed by atoms with Crippen molar-refractivity contribution in [2.45, 2.75) is 33.2 Å². The smallest absolute Gasteiger partial charge is 0.291 e. The van der Waals surface area contributed by atoms with Crippen LogP contribution in [0.1, 0.15) is 25.8 Å². The minimum Gasteiger partial charge on any atom is -0.352 e. The Labute approximate surface area is 120 Å². The molecule has 0 unspecified atom stereocenters. The first-order chi connectivity index (χ1) is 8.90. The third-order valence-electron chi connectivity index (χ3n) is 2.78. The lowest BCUT2D eigenvalue weighted by Gasteiger charge is -2.28. The Hall–Kier alpha value is -1.68. The molecule has 0 bridgehead atoms. The number of hydrogen-bond donors (Lipinski definition) is 0. The fraction of sp³-hybridized carbons (Fsp3) is 0.500. The first kappa shape index (κ1) is 15.4. The number of nitrogens with zero attached hydrogens (tertiary/aromatic N) is 4. The van der Waals surface area contributed by atoms with Crippen LogP contribution in [0.5, 0.6) is 0 Å². The van der Waals surface area contributed by atoms with Crippen LogP contribution in [0, 0.1) is 28.4 Å². The summed E-state index contributed by atoms with van der Waals surface area (Å²) in [5.74, 6) is 0.633. The summed E-state index contributed by atoms with van der Waals surface area (Å²) < 4.78 is 0.605. The van der Waals surface area contributed by atoms with E-state index in [0.29, 0.717) is 28.8 Å². The van der Waals surface area contributed by atoms with Crippen LogP contribution in [-0.4, -0.2) is 22.5 Å². The topological polar surface area (TPSA) is 83.1 Å². The molecular weight excluding hydrogens is 312 g/mol. The molecule has 0 aromatic carbocycles. The van der Waals surface area contributed by atoms with E-state index >= 15 is 0 Å². The summed E-state index contributed by atoms with van der Waals surface area (Å²) in [5, 5.41) is 19.5. The van der Waals surface area contributed by atoms with Crippen LogP contribution in [0.15, 0.2) is 10.7 Å². The number of pyridine rings is 1. The van der Waals surface area contributed by atoms with Crippen molar-refractivity contribution in [3.05, 3.63) is 26.3 Å². The molecule has 102 valence electrons. The summed E-state index contributed by atoms with van der Waals surface area (Å²) >= 11 is 3.37. The van der Waals surface area contributed by atoms with Crippen LogP contribution < -0.4 is 4.90 Å². The van der Waals surface area contributed by atoms with Crippen LogP contribution in [-0.2, 0) is 0 Å². The van der Waals surface area contributed by atoms with Gasteiger partial charge >= 0.3 is 0 Å². The molecule has 0 saturated carbocycles. The minimum atomic E-state index is -0.453. The molecule has 1 aromatic rings. The Kier molecular flexibility index (Phi) is 5.24. The summed E-state index contributed by atoms with van der Waals surface area (Å²) in [6, 6.07) is 2.24. The van der Waals surface area contributed by atoms with E-state index in [-0.39, 0.29) is 11.7 Å². The van der Waals surface area contributed by atoms with Gasteiger partial charge < -0.3 is 4.90 Å². The Balaban J connectivity index is 3.22. The average molecular weight is 327 g/mol. The van der Waals surface area contributed by atoms with Crippen LogP contribution in [0.2, 0.25) is 0 Å². The SMILES string of the molecule is Cc1c([N+](=O)[O-])cnc(N(CCC#N)C(C)C)c1Br. The number of rotatable bonds is 5. The summed E-state index contributed by atoms with van der Waals surface area (Å²) in [6.45, 7) is 6.19. The van der Waals surface area contributed by atoms with Gasteiger partial charge in [0, 0.05) is 18.2 Å². The highest BCUT2D eigenvalue weighted by molar-refractivity contribution is 9.10. The zero-order valence-corrected chi connectivity index (χ0v) is 12.6. The number of aromatic nitrogens is 1. The first-order valence-corrected chi connectivity index (χ1v) is 6.62. The molecule has 0 aliphatic heterocycles. The Morgan fingerprint density at radius 2 is 2.26 bits per heavy atom. The standard InChI is InChI=1S/C12H15BrN4O2/c1-8(2)16(6-4-5-14)12-11(13)9(3)10(7-15-12)17(18)19/h7-8H,4,6H2,1-3H3. The third kappa shape index (κ3) is 3.41. The van der Waals surface area contributed by atoms with Crippen LogP contribution in [0.25, 0.3) is 0 Å². The fourth-order valence-electron chi connectivity index (χ4n) is 1.72. The Morgan fingerprint density at radius 3 is 2.74 bits per heavy atom. The molecule has 0 aliphatic carbocycles. The number of nitro groups is 1. The molecule has 1 heterocycles.